The Kier molecular flexibility index (Phi) is 6.02. The van der Waals surface area contributed by atoms with Gasteiger partial charge < -0.3 is 10.6 Å². The lowest BCUT2D eigenvalue weighted by molar-refractivity contribution is -0.122. The van der Waals surface area contributed by atoms with Gasteiger partial charge in [-0.3, -0.25) is 9.69 Å². The molecule has 4 heteroatoms. The molecule has 4 nitrogen and oxygen atoms in total. The highest BCUT2D eigenvalue weighted by atomic mass is 16.2. The number of hydrogen-bond donors (Lipinski definition) is 2. The highest BCUT2D eigenvalue weighted by Crippen LogP contribution is 2.07. The van der Waals surface area contributed by atoms with Crippen molar-refractivity contribution in [3.63, 3.8) is 0 Å². The zero-order valence-corrected chi connectivity index (χ0v) is 12.3. The quantitative estimate of drug-likeness (QED) is 0.824. The molecule has 110 valence electrons. The first-order chi connectivity index (χ1) is 9.74. The molecule has 1 aliphatic heterocycles. The van der Waals surface area contributed by atoms with Gasteiger partial charge in [0.1, 0.15) is 0 Å². The Bertz CT molecular complexity index is 401. The van der Waals surface area contributed by atoms with Crippen LogP contribution in [-0.4, -0.2) is 43.5 Å². The summed E-state index contributed by atoms with van der Waals surface area (Å²) >= 11 is 0. The van der Waals surface area contributed by atoms with Crippen molar-refractivity contribution in [1.29, 1.82) is 0 Å². The molecule has 1 fully saturated rings. The Balaban J connectivity index is 1.65. The second-order valence-electron chi connectivity index (χ2n) is 5.61. The van der Waals surface area contributed by atoms with Gasteiger partial charge in [0.2, 0.25) is 5.91 Å². The van der Waals surface area contributed by atoms with Gasteiger partial charge in [-0.1, -0.05) is 36.8 Å². The molecule has 2 rings (SSSR count). The first-order valence-corrected chi connectivity index (χ1v) is 7.46. The SMILES string of the molecule is CN(CC(=O)NCc1ccccc1)CC1CCCCN1. The second kappa shape index (κ2) is 8.02. The molecule has 1 aromatic rings. The van der Waals surface area contributed by atoms with Crippen molar-refractivity contribution in [3.05, 3.63) is 35.9 Å². The van der Waals surface area contributed by atoms with Crippen molar-refractivity contribution >= 4 is 5.91 Å². The topological polar surface area (TPSA) is 44.4 Å². The Hall–Kier alpha value is -1.39. The molecule has 1 aliphatic rings. The molecule has 1 unspecified atom stereocenters. The number of benzene rings is 1. The summed E-state index contributed by atoms with van der Waals surface area (Å²) in [5, 5.41) is 6.47. The molecule has 20 heavy (non-hydrogen) atoms. The molecule has 0 spiro atoms. The van der Waals surface area contributed by atoms with Gasteiger partial charge in [0.25, 0.3) is 0 Å². The van der Waals surface area contributed by atoms with E-state index in [9.17, 15) is 4.79 Å². The number of likely N-dealkylation sites (N-methyl/N-ethyl adjacent to an activating group) is 1. The Morgan fingerprint density at radius 3 is 2.85 bits per heavy atom. The van der Waals surface area contributed by atoms with Gasteiger partial charge in [0, 0.05) is 19.1 Å². The molecule has 0 aliphatic carbocycles. The van der Waals surface area contributed by atoms with E-state index in [0.717, 1.165) is 18.7 Å². The first-order valence-electron chi connectivity index (χ1n) is 7.46. The Morgan fingerprint density at radius 2 is 2.15 bits per heavy atom. The van der Waals surface area contributed by atoms with E-state index in [2.05, 4.69) is 15.5 Å². The minimum Gasteiger partial charge on any atom is -0.351 e. The summed E-state index contributed by atoms with van der Waals surface area (Å²) in [6.45, 7) is 3.12. The molecule has 1 amide bonds. The van der Waals surface area contributed by atoms with E-state index in [1.54, 1.807) is 0 Å². The van der Waals surface area contributed by atoms with Crippen LogP contribution in [0.5, 0.6) is 0 Å². The van der Waals surface area contributed by atoms with Crippen LogP contribution in [0, 0.1) is 0 Å². The lowest BCUT2D eigenvalue weighted by Crippen LogP contribution is -2.45. The third-order valence-corrected chi connectivity index (χ3v) is 3.69. The molecular formula is C16H25N3O. The van der Waals surface area contributed by atoms with Crippen LogP contribution in [-0.2, 0) is 11.3 Å². The van der Waals surface area contributed by atoms with Crippen molar-refractivity contribution in [3.8, 4) is 0 Å². The fourth-order valence-electron chi connectivity index (χ4n) is 2.62. The van der Waals surface area contributed by atoms with Crippen LogP contribution in [0.1, 0.15) is 24.8 Å². The summed E-state index contributed by atoms with van der Waals surface area (Å²) in [7, 11) is 2.01. The smallest absolute Gasteiger partial charge is 0.234 e. The summed E-state index contributed by atoms with van der Waals surface area (Å²) < 4.78 is 0. The number of piperidine rings is 1. The normalized spacial score (nSPS) is 19.0. The number of carbonyl (C=O) groups is 1. The molecule has 2 N–H and O–H groups in total. The van der Waals surface area contributed by atoms with Gasteiger partial charge in [0.15, 0.2) is 0 Å². The standard InChI is InChI=1S/C16H25N3O/c1-19(12-15-9-5-6-10-17-15)13-16(20)18-11-14-7-3-2-4-8-14/h2-4,7-8,15,17H,5-6,9-13H2,1H3,(H,18,20). The molecular weight excluding hydrogens is 250 g/mol. The van der Waals surface area contributed by atoms with Crippen LogP contribution in [0.3, 0.4) is 0 Å². The van der Waals surface area contributed by atoms with Crippen molar-refractivity contribution in [2.45, 2.75) is 31.8 Å². The van der Waals surface area contributed by atoms with Crippen LogP contribution in [0.25, 0.3) is 0 Å². The number of nitrogens with zero attached hydrogens (tertiary/aromatic N) is 1. The van der Waals surface area contributed by atoms with Gasteiger partial charge in [-0.25, -0.2) is 0 Å². The van der Waals surface area contributed by atoms with Crippen LogP contribution in [0.2, 0.25) is 0 Å². The zero-order valence-electron chi connectivity index (χ0n) is 12.3. The molecule has 1 aromatic carbocycles. The molecule has 0 bridgehead atoms. The zero-order chi connectivity index (χ0) is 14.2. The fraction of sp³-hybridized carbons (Fsp3) is 0.562. The van der Waals surface area contributed by atoms with E-state index < -0.39 is 0 Å². The van der Waals surface area contributed by atoms with Gasteiger partial charge in [0.05, 0.1) is 6.54 Å². The number of amides is 1. The minimum absolute atomic E-state index is 0.0900. The summed E-state index contributed by atoms with van der Waals surface area (Å²) in [4.78, 5) is 14.0. The summed E-state index contributed by atoms with van der Waals surface area (Å²) in [6.07, 6.45) is 3.79. The molecule has 1 heterocycles. The highest BCUT2D eigenvalue weighted by molar-refractivity contribution is 5.77. The number of carbonyl (C=O) groups excluding carboxylic acids is 1. The van der Waals surface area contributed by atoms with E-state index in [-0.39, 0.29) is 5.91 Å². The summed E-state index contributed by atoms with van der Waals surface area (Å²) in [5.41, 5.74) is 1.14. The van der Waals surface area contributed by atoms with E-state index in [1.165, 1.54) is 19.3 Å². The van der Waals surface area contributed by atoms with Crippen molar-refractivity contribution < 1.29 is 4.79 Å². The van der Waals surface area contributed by atoms with E-state index in [0.29, 0.717) is 19.1 Å². The van der Waals surface area contributed by atoms with E-state index in [4.69, 9.17) is 0 Å². The maximum absolute atomic E-state index is 11.9. The van der Waals surface area contributed by atoms with Crippen LogP contribution >= 0.6 is 0 Å². The van der Waals surface area contributed by atoms with Gasteiger partial charge in [-0.15, -0.1) is 0 Å². The Labute approximate surface area is 121 Å². The summed E-state index contributed by atoms with van der Waals surface area (Å²) in [5.74, 6) is 0.0900. The average Bonchev–Trinajstić information content (AvgIpc) is 2.47. The lowest BCUT2D eigenvalue weighted by Gasteiger charge is -2.27. The number of hydrogen-bond acceptors (Lipinski definition) is 3. The molecule has 1 atom stereocenters. The van der Waals surface area contributed by atoms with Gasteiger partial charge in [-0.05, 0) is 32.0 Å². The van der Waals surface area contributed by atoms with Crippen LogP contribution < -0.4 is 10.6 Å². The van der Waals surface area contributed by atoms with Crippen molar-refractivity contribution in [2.75, 3.05) is 26.7 Å². The molecule has 0 radical (unpaired) electrons. The maximum atomic E-state index is 11.9. The predicted octanol–water partition coefficient (Wildman–Crippen LogP) is 1.38. The summed E-state index contributed by atoms with van der Waals surface area (Å²) in [6, 6.07) is 10.5. The third kappa shape index (κ3) is 5.31. The molecule has 0 aromatic heterocycles. The lowest BCUT2D eigenvalue weighted by atomic mass is 10.0. The van der Waals surface area contributed by atoms with E-state index >= 15 is 0 Å². The predicted molar refractivity (Wildman–Crippen MR) is 81.4 cm³/mol. The molecule has 1 saturated heterocycles. The average molecular weight is 275 g/mol. The van der Waals surface area contributed by atoms with E-state index in [1.807, 2.05) is 37.4 Å². The fourth-order valence-corrected chi connectivity index (χ4v) is 2.62. The highest BCUT2D eigenvalue weighted by Gasteiger charge is 2.15. The minimum atomic E-state index is 0.0900. The Morgan fingerprint density at radius 1 is 1.35 bits per heavy atom. The van der Waals surface area contributed by atoms with Crippen molar-refractivity contribution in [1.82, 2.24) is 15.5 Å². The molecule has 0 saturated carbocycles. The second-order valence-corrected chi connectivity index (χ2v) is 5.61. The van der Waals surface area contributed by atoms with Gasteiger partial charge in [-0.2, -0.15) is 0 Å². The number of nitrogens with one attached hydrogen (secondary N) is 2. The maximum Gasteiger partial charge on any atom is 0.234 e. The monoisotopic (exact) mass is 275 g/mol. The van der Waals surface area contributed by atoms with Crippen molar-refractivity contribution in [2.24, 2.45) is 0 Å². The first kappa shape index (κ1) is 15.0. The third-order valence-electron chi connectivity index (χ3n) is 3.69. The van der Waals surface area contributed by atoms with Gasteiger partial charge >= 0.3 is 0 Å². The van der Waals surface area contributed by atoms with Crippen LogP contribution in [0.4, 0.5) is 0 Å². The largest absolute Gasteiger partial charge is 0.351 e. The van der Waals surface area contributed by atoms with Crippen LogP contribution in [0.15, 0.2) is 30.3 Å². The number of rotatable bonds is 6.